The predicted molar refractivity (Wildman–Crippen MR) is 71.2 cm³/mol. The van der Waals surface area contributed by atoms with Gasteiger partial charge in [-0.05, 0) is 13.0 Å². The fourth-order valence-corrected chi connectivity index (χ4v) is 3.07. The van der Waals surface area contributed by atoms with Crippen molar-refractivity contribution in [3.8, 4) is 0 Å². The molecule has 0 saturated carbocycles. The summed E-state index contributed by atoms with van der Waals surface area (Å²) in [5.41, 5.74) is 0.181. The van der Waals surface area contributed by atoms with Crippen LogP contribution >= 0.6 is 11.3 Å². The van der Waals surface area contributed by atoms with Crippen LogP contribution in [0.3, 0.4) is 0 Å². The van der Waals surface area contributed by atoms with E-state index in [1.54, 1.807) is 0 Å². The number of carbonyl (C=O) groups is 4. The molecule has 6 nitrogen and oxygen atoms in total. The maximum atomic E-state index is 12.3. The van der Waals surface area contributed by atoms with Gasteiger partial charge in [0.2, 0.25) is 11.5 Å². The van der Waals surface area contributed by atoms with Crippen LogP contribution in [0.15, 0.2) is 16.5 Å². The van der Waals surface area contributed by atoms with E-state index in [1.165, 1.54) is 26.2 Å². The lowest BCUT2D eigenvalue weighted by atomic mass is 9.94. The molecule has 0 aromatic carbocycles. The number of hydrogen-bond acceptors (Lipinski definition) is 7. The van der Waals surface area contributed by atoms with Gasteiger partial charge in [-0.2, -0.15) is 0 Å². The van der Waals surface area contributed by atoms with Crippen molar-refractivity contribution >= 4 is 34.7 Å². The molecule has 2 aromatic rings. The normalized spacial score (nSPS) is 12.9. The Kier molecular flexibility index (Phi) is 2.87. The van der Waals surface area contributed by atoms with Gasteiger partial charge < -0.3 is 9.15 Å². The Morgan fingerprint density at radius 3 is 2.48 bits per heavy atom. The molecule has 0 radical (unpaired) electrons. The van der Waals surface area contributed by atoms with Crippen LogP contribution in [0.5, 0.6) is 0 Å². The first-order valence-corrected chi connectivity index (χ1v) is 6.72. The molecule has 0 spiro atoms. The first kappa shape index (κ1) is 13.4. The Hall–Kier alpha value is -2.54. The van der Waals surface area contributed by atoms with Crippen molar-refractivity contribution in [1.29, 1.82) is 0 Å². The first-order chi connectivity index (χ1) is 9.93. The number of methoxy groups -OCH3 is 1. The van der Waals surface area contributed by atoms with Crippen LogP contribution in [0.1, 0.15) is 58.5 Å². The summed E-state index contributed by atoms with van der Waals surface area (Å²) in [6, 6.07) is 2.59. The molecule has 1 aliphatic rings. The molecular formula is C14H8O6S. The van der Waals surface area contributed by atoms with E-state index in [-0.39, 0.29) is 33.3 Å². The monoisotopic (exact) mass is 304 g/mol. The molecule has 0 atom stereocenters. The van der Waals surface area contributed by atoms with Gasteiger partial charge in [0.25, 0.3) is 0 Å². The standard InChI is InChI=1S/C14H8O6S/c1-5(15)9-4-7-10(16)6-3-8(14(18)19-2)20-12(6)11(17)13(7)21-9/h3-4H,1-2H3. The third-order valence-electron chi connectivity index (χ3n) is 3.10. The van der Waals surface area contributed by atoms with Crippen molar-refractivity contribution in [2.24, 2.45) is 0 Å². The number of ether oxygens (including phenoxy) is 1. The molecule has 0 unspecified atom stereocenters. The van der Waals surface area contributed by atoms with Gasteiger partial charge in [0.1, 0.15) is 0 Å². The fourth-order valence-electron chi connectivity index (χ4n) is 2.08. The minimum Gasteiger partial charge on any atom is -0.463 e. The number of esters is 1. The van der Waals surface area contributed by atoms with Crippen molar-refractivity contribution in [2.45, 2.75) is 6.92 Å². The molecule has 3 rings (SSSR count). The van der Waals surface area contributed by atoms with Crippen LogP contribution in [-0.4, -0.2) is 30.4 Å². The van der Waals surface area contributed by atoms with Crippen molar-refractivity contribution in [3.63, 3.8) is 0 Å². The largest absolute Gasteiger partial charge is 0.463 e. The van der Waals surface area contributed by atoms with E-state index >= 15 is 0 Å². The number of carbonyl (C=O) groups excluding carboxylic acids is 4. The maximum absolute atomic E-state index is 12.3. The first-order valence-electron chi connectivity index (χ1n) is 5.90. The van der Waals surface area contributed by atoms with Gasteiger partial charge in [-0.1, -0.05) is 0 Å². The minimum absolute atomic E-state index is 0.0146. The Bertz CT molecular complexity index is 772. The molecule has 0 N–H and O–H groups in total. The second-order valence-corrected chi connectivity index (χ2v) is 5.47. The second kappa shape index (κ2) is 4.49. The zero-order valence-electron chi connectivity index (χ0n) is 11.0. The summed E-state index contributed by atoms with van der Waals surface area (Å²) >= 11 is 0.946. The van der Waals surface area contributed by atoms with Gasteiger partial charge in [0.15, 0.2) is 17.3 Å². The Labute approximate surface area is 122 Å². The number of furan rings is 1. The average molecular weight is 304 g/mol. The molecule has 106 valence electrons. The molecule has 2 heterocycles. The van der Waals surface area contributed by atoms with Gasteiger partial charge in [-0.15, -0.1) is 11.3 Å². The van der Waals surface area contributed by atoms with Crippen molar-refractivity contribution in [1.82, 2.24) is 0 Å². The van der Waals surface area contributed by atoms with Crippen LogP contribution < -0.4 is 0 Å². The number of hydrogen-bond donors (Lipinski definition) is 0. The highest BCUT2D eigenvalue weighted by atomic mass is 32.1. The lowest BCUT2D eigenvalue weighted by molar-refractivity contribution is 0.0563. The summed E-state index contributed by atoms with van der Waals surface area (Å²) in [5.74, 6) is -2.33. The molecular weight excluding hydrogens is 296 g/mol. The molecule has 0 bridgehead atoms. The predicted octanol–water partition coefficient (Wildman–Crippen LogP) is 2.11. The lowest BCUT2D eigenvalue weighted by Crippen LogP contribution is -2.16. The number of Topliss-reactive ketones (excluding diaryl/α,β-unsaturated/α-hetero) is 1. The third-order valence-corrected chi connectivity index (χ3v) is 4.33. The molecule has 0 aliphatic heterocycles. The van der Waals surface area contributed by atoms with Crippen molar-refractivity contribution < 1.29 is 28.3 Å². The number of thiophene rings is 1. The van der Waals surface area contributed by atoms with Gasteiger partial charge in [-0.3, -0.25) is 14.4 Å². The highest BCUT2D eigenvalue weighted by Gasteiger charge is 2.37. The van der Waals surface area contributed by atoms with Crippen molar-refractivity contribution in [3.05, 3.63) is 44.5 Å². The Balaban J connectivity index is 2.16. The maximum Gasteiger partial charge on any atom is 0.373 e. The summed E-state index contributed by atoms with van der Waals surface area (Å²) in [7, 11) is 1.17. The van der Waals surface area contributed by atoms with E-state index in [0.29, 0.717) is 4.88 Å². The summed E-state index contributed by atoms with van der Waals surface area (Å²) < 4.78 is 9.64. The average Bonchev–Trinajstić information content (AvgIpc) is 3.08. The van der Waals surface area contributed by atoms with E-state index in [0.717, 1.165) is 11.3 Å². The van der Waals surface area contributed by atoms with Gasteiger partial charge in [0.05, 0.1) is 22.4 Å². The summed E-state index contributed by atoms with van der Waals surface area (Å²) in [6.45, 7) is 1.36. The zero-order chi connectivity index (χ0) is 15.3. The van der Waals surface area contributed by atoms with Crippen LogP contribution in [-0.2, 0) is 4.74 Å². The van der Waals surface area contributed by atoms with Crippen LogP contribution in [0.2, 0.25) is 0 Å². The quantitative estimate of drug-likeness (QED) is 0.532. The van der Waals surface area contributed by atoms with Crippen molar-refractivity contribution in [2.75, 3.05) is 7.11 Å². The molecule has 21 heavy (non-hydrogen) atoms. The fraction of sp³-hybridized carbons (Fsp3) is 0.143. The highest BCUT2D eigenvalue weighted by Crippen LogP contribution is 2.35. The van der Waals surface area contributed by atoms with E-state index in [2.05, 4.69) is 4.74 Å². The topological polar surface area (TPSA) is 90.7 Å². The lowest BCUT2D eigenvalue weighted by Gasteiger charge is -2.07. The van der Waals surface area contributed by atoms with E-state index in [1.807, 2.05) is 0 Å². The minimum atomic E-state index is -0.766. The van der Waals surface area contributed by atoms with Gasteiger partial charge >= 0.3 is 5.97 Å². The molecule has 1 aliphatic carbocycles. The molecule has 0 amide bonds. The van der Waals surface area contributed by atoms with Gasteiger partial charge in [0, 0.05) is 11.6 Å². The zero-order valence-corrected chi connectivity index (χ0v) is 11.8. The van der Waals surface area contributed by atoms with Gasteiger partial charge in [-0.25, -0.2) is 4.79 Å². The summed E-state index contributed by atoms with van der Waals surface area (Å²) in [4.78, 5) is 47.9. The van der Waals surface area contributed by atoms with Crippen LogP contribution in [0.4, 0.5) is 0 Å². The van der Waals surface area contributed by atoms with E-state index in [4.69, 9.17) is 4.42 Å². The van der Waals surface area contributed by atoms with Crippen LogP contribution in [0, 0.1) is 0 Å². The molecule has 0 fully saturated rings. The van der Waals surface area contributed by atoms with Crippen LogP contribution in [0.25, 0.3) is 0 Å². The van der Waals surface area contributed by atoms with E-state index < -0.39 is 17.5 Å². The number of fused-ring (bicyclic) bond motifs is 2. The Morgan fingerprint density at radius 2 is 1.86 bits per heavy atom. The van der Waals surface area contributed by atoms with E-state index in [9.17, 15) is 19.2 Å². The summed E-state index contributed by atoms with van der Waals surface area (Å²) in [6.07, 6.45) is 0. The second-order valence-electron chi connectivity index (χ2n) is 4.41. The Morgan fingerprint density at radius 1 is 1.14 bits per heavy atom. The number of rotatable bonds is 2. The molecule has 0 saturated heterocycles. The highest BCUT2D eigenvalue weighted by molar-refractivity contribution is 7.16. The smallest absolute Gasteiger partial charge is 0.373 e. The summed E-state index contributed by atoms with van der Waals surface area (Å²) in [5, 5.41) is 0. The molecule has 2 aromatic heterocycles. The third kappa shape index (κ3) is 1.85. The molecule has 7 heteroatoms. The number of ketones is 3. The SMILES string of the molecule is COC(=O)c1cc2c(o1)C(=O)c1sc(C(C)=O)cc1C2=O.